The number of benzene rings is 1. The van der Waals surface area contributed by atoms with Crippen LogP contribution >= 0.6 is 0 Å². The lowest BCUT2D eigenvalue weighted by molar-refractivity contribution is -0.402. The van der Waals surface area contributed by atoms with Gasteiger partial charge >= 0.3 is 12.1 Å². The number of aryl methyl sites for hydroxylation is 1. The van der Waals surface area contributed by atoms with Crippen molar-refractivity contribution in [2.45, 2.75) is 20.0 Å². The summed E-state index contributed by atoms with van der Waals surface area (Å²) in [6.07, 6.45) is -3.45. The fourth-order valence-electron chi connectivity index (χ4n) is 3.17. The molecule has 0 fully saturated rings. The van der Waals surface area contributed by atoms with E-state index in [1.165, 1.54) is 28.8 Å². The molecule has 2 heterocycles. The summed E-state index contributed by atoms with van der Waals surface area (Å²) < 4.78 is 45.6. The average molecular weight is 429 g/mol. The maximum absolute atomic E-state index is 13.1. The van der Waals surface area contributed by atoms with Gasteiger partial charge in [0, 0.05) is 28.7 Å². The van der Waals surface area contributed by atoms with E-state index in [9.17, 15) is 33.3 Å². The molecular weight excluding hydrogens is 415 g/mol. The van der Waals surface area contributed by atoms with Crippen molar-refractivity contribution in [1.29, 1.82) is 5.26 Å². The molecule has 0 saturated carbocycles. The molecule has 0 saturated heterocycles. The monoisotopic (exact) mass is 429 g/mol. The SMILES string of the molecule is Cc1cc(C(=O)/C(C#N)=C/c2ccc([N+](=O)[O-])o2)c(C)n1-c1cccc(C(F)(F)F)c1. The van der Waals surface area contributed by atoms with E-state index < -0.39 is 28.3 Å². The van der Waals surface area contributed by atoms with E-state index in [1.54, 1.807) is 19.9 Å². The highest BCUT2D eigenvalue weighted by Gasteiger charge is 2.31. The Labute approximate surface area is 173 Å². The quantitative estimate of drug-likeness (QED) is 0.178. The van der Waals surface area contributed by atoms with Crippen molar-refractivity contribution < 1.29 is 27.3 Å². The second-order valence-electron chi connectivity index (χ2n) is 6.60. The van der Waals surface area contributed by atoms with Crippen molar-refractivity contribution in [3.63, 3.8) is 0 Å². The zero-order chi connectivity index (χ0) is 22.9. The third kappa shape index (κ3) is 4.25. The number of halogens is 3. The highest BCUT2D eigenvalue weighted by molar-refractivity contribution is 6.14. The Balaban J connectivity index is 2.02. The van der Waals surface area contributed by atoms with Gasteiger partial charge in [-0.1, -0.05) is 6.07 Å². The first-order valence-corrected chi connectivity index (χ1v) is 8.80. The number of rotatable bonds is 5. The van der Waals surface area contributed by atoms with Crippen LogP contribution in [0.3, 0.4) is 0 Å². The first-order valence-electron chi connectivity index (χ1n) is 8.80. The van der Waals surface area contributed by atoms with Gasteiger partial charge in [-0.25, -0.2) is 0 Å². The molecule has 2 aromatic heterocycles. The molecule has 31 heavy (non-hydrogen) atoms. The number of Topliss-reactive ketones (excluding diaryl/α,β-unsaturated/α-hetero) is 1. The summed E-state index contributed by atoms with van der Waals surface area (Å²) in [6, 6.07) is 10.2. The number of carbonyl (C=O) groups excluding carboxylic acids is 1. The summed E-state index contributed by atoms with van der Waals surface area (Å²) in [6.45, 7) is 3.17. The van der Waals surface area contributed by atoms with Gasteiger partial charge in [0.2, 0.25) is 5.78 Å². The maximum atomic E-state index is 13.1. The number of nitriles is 1. The van der Waals surface area contributed by atoms with E-state index in [0.717, 1.165) is 24.3 Å². The van der Waals surface area contributed by atoms with Crippen LogP contribution in [0.15, 0.2) is 52.5 Å². The Kier molecular flexibility index (Phi) is 5.53. The molecule has 0 amide bonds. The van der Waals surface area contributed by atoms with Gasteiger partial charge in [0.25, 0.3) is 0 Å². The molecule has 0 N–H and O–H groups in total. The summed E-state index contributed by atoms with van der Waals surface area (Å²) >= 11 is 0. The van der Waals surface area contributed by atoms with Crippen LogP contribution in [0.1, 0.15) is 33.1 Å². The van der Waals surface area contributed by atoms with Crippen LogP contribution in [0.2, 0.25) is 0 Å². The highest BCUT2D eigenvalue weighted by atomic mass is 19.4. The van der Waals surface area contributed by atoms with E-state index in [-0.39, 0.29) is 22.6 Å². The van der Waals surface area contributed by atoms with Crippen LogP contribution in [-0.4, -0.2) is 15.3 Å². The van der Waals surface area contributed by atoms with Gasteiger partial charge in [-0.05, 0) is 44.2 Å². The van der Waals surface area contributed by atoms with Crippen molar-refractivity contribution in [3.05, 3.63) is 86.4 Å². The number of allylic oxidation sites excluding steroid dienone is 1. The lowest BCUT2D eigenvalue weighted by Gasteiger charge is -2.13. The molecule has 0 aliphatic rings. The topological polar surface area (TPSA) is 102 Å². The molecule has 0 spiro atoms. The predicted molar refractivity (Wildman–Crippen MR) is 104 cm³/mol. The minimum absolute atomic E-state index is 0.0525. The van der Waals surface area contributed by atoms with Gasteiger partial charge in [-0.3, -0.25) is 14.9 Å². The minimum Gasteiger partial charge on any atom is -0.401 e. The molecule has 0 aliphatic heterocycles. The van der Waals surface area contributed by atoms with E-state index in [0.29, 0.717) is 11.4 Å². The first kappa shape index (κ1) is 21.6. The molecule has 158 valence electrons. The van der Waals surface area contributed by atoms with Gasteiger partial charge in [0.05, 0.1) is 11.6 Å². The molecule has 3 aromatic rings. The fraction of sp³-hybridized carbons (Fsp3) is 0.143. The van der Waals surface area contributed by atoms with Crippen molar-refractivity contribution in [3.8, 4) is 11.8 Å². The molecule has 0 unspecified atom stereocenters. The number of alkyl halides is 3. The second-order valence-corrected chi connectivity index (χ2v) is 6.60. The number of aromatic nitrogens is 1. The van der Waals surface area contributed by atoms with E-state index in [1.807, 2.05) is 0 Å². The predicted octanol–water partition coefficient (Wildman–Crippen LogP) is 5.40. The van der Waals surface area contributed by atoms with E-state index >= 15 is 0 Å². The van der Waals surface area contributed by atoms with Gasteiger partial charge in [-0.15, -0.1) is 0 Å². The molecular formula is C21H14F3N3O4. The Morgan fingerprint density at radius 1 is 1.23 bits per heavy atom. The van der Waals surface area contributed by atoms with Crippen LogP contribution in [-0.2, 0) is 6.18 Å². The molecule has 3 rings (SSSR count). The summed E-state index contributed by atoms with van der Waals surface area (Å²) in [5.41, 5.74) is -0.00719. The zero-order valence-electron chi connectivity index (χ0n) is 16.2. The molecule has 0 radical (unpaired) electrons. The standard InChI is InChI=1S/C21H14F3N3O4/c1-12-8-18(13(2)26(12)16-5-3-4-15(10-16)21(22,23)24)20(28)14(11-25)9-17-6-7-19(31-17)27(29)30/h3-10H,1-2H3/b14-9+. The largest absolute Gasteiger partial charge is 0.433 e. The summed E-state index contributed by atoms with van der Waals surface area (Å²) in [5, 5.41) is 20.1. The molecule has 7 nitrogen and oxygen atoms in total. The normalized spacial score (nSPS) is 11.9. The molecule has 0 bridgehead atoms. The van der Waals surface area contributed by atoms with Gasteiger partial charge in [0.1, 0.15) is 22.3 Å². The van der Waals surface area contributed by atoms with Crippen molar-refractivity contribution in [1.82, 2.24) is 4.57 Å². The second kappa shape index (κ2) is 7.95. The number of furan rings is 1. The Bertz CT molecular complexity index is 1260. The highest BCUT2D eigenvalue weighted by Crippen LogP contribution is 2.32. The molecule has 0 aliphatic carbocycles. The third-order valence-electron chi connectivity index (χ3n) is 4.55. The van der Waals surface area contributed by atoms with Crippen LogP contribution < -0.4 is 0 Å². The van der Waals surface area contributed by atoms with Gasteiger partial charge in [-0.2, -0.15) is 18.4 Å². The number of nitrogens with zero attached hydrogens (tertiary/aromatic N) is 3. The lowest BCUT2D eigenvalue weighted by atomic mass is 10.0. The first-order chi connectivity index (χ1) is 14.5. The van der Waals surface area contributed by atoms with Crippen molar-refractivity contribution in [2.75, 3.05) is 0 Å². The molecule has 0 atom stereocenters. The Morgan fingerprint density at radius 2 is 1.94 bits per heavy atom. The number of ketones is 1. The Hall–Kier alpha value is -4.13. The van der Waals surface area contributed by atoms with E-state index in [2.05, 4.69) is 0 Å². The molecule has 1 aromatic carbocycles. The van der Waals surface area contributed by atoms with Crippen LogP contribution in [0.5, 0.6) is 0 Å². The minimum atomic E-state index is -4.52. The molecule has 10 heteroatoms. The maximum Gasteiger partial charge on any atom is 0.433 e. The number of nitro groups is 1. The average Bonchev–Trinajstić information content (AvgIpc) is 3.29. The van der Waals surface area contributed by atoms with Crippen molar-refractivity contribution in [2.24, 2.45) is 0 Å². The number of hydrogen-bond donors (Lipinski definition) is 0. The smallest absolute Gasteiger partial charge is 0.401 e. The van der Waals surface area contributed by atoms with Crippen LogP contribution in [0.25, 0.3) is 11.8 Å². The lowest BCUT2D eigenvalue weighted by Crippen LogP contribution is -2.08. The van der Waals surface area contributed by atoms with E-state index in [4.69, 9.17) is 4.42 Å². The van der Waals surface area contributed by atoms with Gasteiger partial charge in [0.15, 0.2) is 0 Å². The number of hydrogen-bond acceptors (Lipinski definition) is 5. The summed E-state index contributed by atoms with van der Waals surface area (Å²) in [5.74, 6) is -1.28. The van der Waals surface area contributed by atoms with Crippen molar-refractivity contribution >= 4 is 17.7 Å². The van der Waals surface area contributed by atoms with Gasteiger partial charge < -0.3 is 8.98 Å². The summed E-state index contributed by atoms with van der Waals surface area (Å²) in [4.78, 5) is 22.9. The Morgan fingerprint density at radius 3 is 2.52 bits per heavy atom. The fourth-order valence-corrected chi connectivity index (χ4v) is 3.17. The summed E-state index contributed by atoms with van der Waals surface area (Å²) in [7, 11) is 0. The van der Waals surface area contributed by atoms with Crippen LogP contribution in [0, 0.1) is 35.3 Å². The third-order valence-corrected chi connectivity index (χ3v) is 4.55. The number of carbonyl (C=O) groups is 1. The zero-order valence-corrected chi connectivity index (χ0v) is 16.2. The van der Waals surface area contributed by atoms with Crippen LogP contribution in [0.4, 0.5) is 19.1 Å².